The zero-order valence-corrected chi connectivity index (χ0v) is 13.5. The molecule has 0 unspecified atom stereocenters. The van der Waals surface area contributed by atoms with E-state index in [0.717, 1.165) is 31.5 Å². The number of pyridine rings is 1. The van der Waals surface area contributed by atoms with E-state index in [1.54, 1.807) is 0 Å². The molecule has 4 nitrogen and oxygen atoms in total. The van der Waals surface area contributed by atoms with E-state index in [1.165, 1.54) is 17.2 Å². The molecule has 25 heavy (non-hydrogen) atoms. The fourth-order valence-corrected chi connectivity index (χ4v) is 2.85. The minimum atomic E-state index is -4.39. The Labute approximate surface area is 143 Å². The molecular weight excluding hydrogens is 331 g/mol. The van der Waals surface area contributed by atoms with Gasteiger partial charge >= 0.3 is 6.18 Å². The molecule has 0 atom stereocenters. The number of aryl methyl sites for hydroxylation is 2. The number of hydrogen-bond acceptors (Lipinski definition) is 3. The van der Waals surface area contributed by atoms with Gasteiger partial charge in [0.15, 0.2) is 0 Å². The van der Waals surface area contributed by atoms with E-state index < -0.39 is 11.7 Å². The van der Waals surface area contributed by atoms with Gasteiger partial charge in [0.25, 0.3) is 5.91 Å². The lowest BCUT2D eigenvalue weighted by molar-refractivity contribution is -0.137. The highest BCUT2D eigenvalue weighted by atomic mass is 19.4. The first kappa shape index (κ1) is 17.3. The van der Waals surface area contributed by atoms with Crippen molar-refractivity contribution >= 4 is 11.7 Å². The third kappa shape index (κ3) is 4.29. The summed E-state index contributed by atoms with van der Waals surface area (Å²) in [7, 11) is 0. The van der Waals surface area contributed by atoms with E-state index in [4.69, 9.17) is 0 Å². The number of rotatable bonds is 5. The average Bonchev–Trinajstić information content (AvgIpc) is 3.06. The van der Waals surface area contributed by atoms with Gasteiger partial charge in [0.1, 0.15) is 5.82 Å². The molecule has 1 aromatic heterocycles. The molecule has 0 saturated heterocycles. The van der Waals surface area contributed by atoms with E-state index in [2.05, 4.69) is 15.6 Å². The van der Waals surface area contributed by atoms with Crippen LogP contribution in [0.5, 0.6) is 0 Å². The zero-order chi connectivity index (χ0) is 17.9. The Bertz CT molecular complexity index is 757. The molecule has 0 fully saturated rings. The van der Waals surface area contributed by atoms with Crippen LogP contribution in [0.25, 0.3) is 0 Å². The lowest BCUT2D eigenvalue weighted by Gasteiger charge is -2.10. The monoisotopic (exact) mass is 349 g/mol. The highest BCUT2D eigenvalue weighted by Gasteiger charge is 2.30. The number of benzene rings is 1. The van der Waals surface area contributed by atoms with Gasteiger partial charge in [0, 0.05) is 24.8 Å². The molecule has 1 amide bonds. The van der Waals surface area contributed by atoms with Crippen LogP contribution in [0.1, 0.15) is 33.5 Å². The van der Waals surface area contributed by atoms with Crippen LogP contribution in [0.4, 0.5) is 19.0 Å². The van der Waals surface area contributed by atoms with Gasteiger partial charge in [-0.2, -0.15) is 13.2 Å². The first-order valence-electron chi connectivity index (χ1n) is 8.10. The van der Waals surface area contributed by atoms with Crippen LogP contribution in [0.3, 0.4) is 0 Å². The van der Waals surface area contributed by atoms with Gasteiger partial charge in [0.05, 0.1) is 5.56 Å². The van der Waals surface area contributed by atoms with E-state index >= 15 is 0 Å². The number of nitrogens with one attached hydrogen (secondary N) is 2. The molecule has 0 bridgehead atoms. The number of amides is 1. The number of anilines is 1. The normalized spacial score (nSPS) is 13.4. The van der Waals surface area contributed by atoms with Gasteiger partial charge in [-0.05, 0) is 54.7 Å². The Balaban J connectivity index is 1.46. The van der Waals surface area contributed by atoms with Gasteiger partial charge in [-0.15, -0.1) is 0 Å². The van der Waals surface area contributed by atoms with Crippen LogP contribution in [0.2, 0.25) is 0 Å². The maximum atomic E-state index is 12.5. The summed E-state index contributed by atoms with van der Waals surface area (Å²) in [5, 5.41) is 5.67. The van der Waals surface area contributed by atoms with Crippen molar-refractivity contribution in [3.8, 4) is 0 Å². The second-order valence-corrected chi connectivity index (χ2v) is 5.95. The fraction of sp³-hybridized carbons (Fsp3) is 0.333. The highest BCUT2D eigenvalue weighted by Crippen LogP contribution is 2.28. The third-order valence-corrected chi connectivity index (χ3v) is 4.17. The second kappa shape index (κ2) is 7.13. The summed E-state index contributed by atoms with van der Waals surface area (Å²) in [5.74, 6) is 0.177. The molecule has 2 N–H and O–H groups in total. The van der Waals surface area contributed by atoms with Crippen LogP contribution in [-0.2, 0) is 19.0 Å². The standard InChI is InChI=1S/C18H18F3N3O/c19-18(20,21)15-6-7-16(24-11-15)22-8-9-23-17(25)14-5-4-12-2-1-3-13(12)10-14/h4-7,10-11H,1-3,8-9H2,(H,22,24)(H,23,25). The number of fused-ring (bicyclic) bond motifs is 1. The Morgan fingerprint density at radius 2 is 1.88 bits per heavy atom. The van der Waals surface area contributed by atoms with Gasteiger partial charge in [-0.1, -0.05) is 6.07 Å². The van der Waals surface area contributed by atoms with Gasteiger partial charge < -0.3 is 10.6 Å². The van der Waals surface area contributed by atoms with Gasteiger partial charge in [0.2, 0.25) is 0 Å². The first-order valence-corrected chi connectivity index (χ1v) is 8.10. The molecule has 7 heteroatoms. The lowest BCUT2D eigenvalue weighted by atomic mass is 10.1. The van der Waals surface area contributed by atoms with Crippen molar-refractivity contribution in [1.82, 2.24) is 10.3 Å². The maximum absolute atomic E-state index is 12.5. The number of carbonyl (C=O) groups is 1. The maximum Gasteiger partial charge on any atom is 0.417 e. The van der Waals surface area contributed by atoms with Crippen LogP contribution >= 0.6 is 0 Å². The predicted octanol–water partition coefficient (Wildman–Crippen LogP) is 3.43. The number of carbonyl (C=O) groups excluding carboxylic acids is 1. The molecule has 1 heterocycles. The number of nitrogens with zero attached hydrogens (tertiary/aromatic N) is 1. The summed E-state index contributed by atoms with van der Waals surface area (Å²) in [6.45, 7) is 0.716. The summed E-state index contributed by atoms with van der Waals surface area (Å²) < 4.78 is 37.4. The lowest BCUT2D eigenvalue weighted by Crippen LogP contribution is -2.29. The number of alkyl halides is 3. The van der Waals surface area contributed by atoms with E-state index in [1.807, 2.05) is 18.2 Å². The van der Waals surface area contributed by atoms with Crippen molar-refractivity contribution in [2.75, 3.05) is 18.4 Å². The quantitative estimate of drug-likeness (QED) is 0.813. The molecule has 2 aromatic rings. The molecule has 0 spiro atoms. The molecule has 132 valence electrons. The summed E-state index contributed by atoms with van der Waals surface area (Å²) in [4.78, 5) is 15.8. The highest BCUT2D eigenvalue weighted by molar-refractivity contribution is 5.94. The Morgan fingerprint density at radius 1 is 1.08 bits per heavy atom. The van der Waals surface area contributed by atoms with E-state index in [0.29, 0.717) is 24.5 Å². The van der Waals surface area contributed by atoms with Gasteiger partial charge in [-0.25, -0.2) is 4.98 Å². The van der Waals surface area contributed by atoms with Crippen LogP contribution < -0.4 is 10.6 Å². The molecular formula is C18H18F3N3O. The molecule has 0 aliphatic heterocycles. The van der Waals surface area contributed by atoms with Crippen molar-refractivity contribution in [3.05, 3.63) is 58.8 Å². The molecule has 1 aliphatic carbocycles. The van der Waals surface area contributed by atoms with Crippen molar-refractivity contribution in [2.45, 2.75) is 25.4 Å². The molecule has 0 radical (unpaired) electrons. The van der Waals surface area contributed by atoms with Crippen LogP contribution in [0.15, 0.2) is 36.5 Å². The molecule has 3 rings (SSSR count). The van der Waals surface area contributed by atoms with Crippen molar-refractivity contribution in [3.63, 3.8) is 0 Å². The first-order chi connectivity index (χ1) is 11.9. The smallest absolute Gasteiger partial charge is 0.368 e. The predicted molar refractivity (Wildman–Crippen MR) is 88.5 cm³/mol. The molecule has 1 aliphatic rings. The zero-order valence-electron chi connectivity index (χ0n) is 13.5. The van der Waals surface area contributed by atoms with Gasteiger partial charge in [-0.3, -0.25) is 4.79 Å². The Kier molecular flexibility index (Phi) is 4.92. The Hall–Kier alpha value is -2.57. The number of halogens is 3. The van der Waals surface area contributed by atoms with E-state index in [-0.39, 0.29) is 5.91 Å². The number of aromatic nitrogens is 1. The molecule has 0 saturated carbocycles. The summed E-state index contributed by atoms with van der Waals surface area (Å²) in [6.07, 6.45) is -0.399. The summed E-state index contributed by atoms with van der Waals surface area (Å²) >= 11 is 0. The number of hydrogen-bond donors (Lipinski definition) is 2. The third-order valence-electron chi connectivity index (χ3n) is 4.17. The minimum Gasteiger partial charge on any atom is -0.368 e. The molecule has 1 aromatic carbocycles. The second-order valence-electron chi connectivity index (χ2n) is 5.95. The average molecular weight is 349 g/mol. The van der Waals surface area contributed by atoms with Crippen molar-refractivity contribution in [1.29, 1.82) is 0 Å². The SMILES string of the molecule is O=C(NCCNc1ccc(C(F)(F)F)cn1)c1ccc2c(c1)CCC2. The van der Waals surface area contributed by atoms with E-state index in [9.17, 15) is 18.0 Å². The topological polar surface area (TPSA) is 54.0 Å². The van der Waals surface area contributed by atoms with Crippen molar-refractivity contribution in [2.24, 2.45) is 0 Å². The van der Waals surface area contributed by atoms with Crippen LogP contribution in [0, 0.1) is 0 Å². The summed E-state index contributed by atoms with van der Waals surface area (Å²) in [5.41, 5.74) is 2.39. The Morgan fingerprint density at radius 3 is 2.60 bits per heavy atom. The fourth-order valence-electron chi connectivity index (χ4n) is 2.85. The largest absolute Gasteiger partial charge is 0.417 e. The van der Waals surface area contributed by atoms with Crippen LogP contribution in [-0.4, -0.2) is 24.0 Å². The van der Waals surface area contributed by atoms with Crippen molar-refractivity contribution < 1.29 is 18.0 Å². The minimum absolute atomic E-state index is 0.156. The summed E-state index contributed by atoms with van der Waals surface area (Å²) in [6, 6.07) is 8.00.